The topological polar surface area (TPSA) is 46.9 Å². The summed E-state index contributed by atoms with van der Waals surface area (Å²) in [4.78, 5) is 11.6. The molecule has 90 valence electrons. The van der Waals surface area contributed by atoms with Crippen molar-refractivity contribution in [1.82, 2.24) is 9.78 Å². The van der Waals surface area contributed by atoms with Gasteiger partial charge in [0.25, 0.3) is 5.56 Å². The summed E-state index contributed by atoms with van der Waals surface area (Å²) < 4.78 is 1.22. The van der Waals surface area contributed by atoms with Crippen LogP contribution in [-0.2, 0) is 7.05 Å². The fourth-order valence-electron chi connectivity index (χ4n) is 1.65. The van der Waals surface area contributed by atoms with E-state index in [4.69, 9.17) is 11.6 Å². The minimum atomic E-state index is -0.279. The lowest BCUT2D eigenvalue weighted by Gasteiger charge is -2.27. The van der Waals surface area contributed by atoms with E-state index in [1.54, 1.807) is 13.2 Å². The minimum Gasteiger partial charge on any atom is -0.377 e. The van der Waals surface area contributed by atoms with E-state index in [2.05, 4.69) is 31.2 Å². The van der Waals surface area contributed by atoms with Gasteiger partial charge in [0.05, 0.1) is 11.9 Å². The molecule has 1 heterocycles. The molecule has 0 atom stereocenters. The zero-order valence-corrected chi connectivity index (χ0v) is 10.9. The first-order chi connectivity index (χ1) is 7.37. The molecule has 4 nitrogen and oxygen atoms in total. The summed E-state index contributed by atoms with van der Waals surface area (Å²) >= 11 is 5.97. The smallest absolute Gasteiger partial charge is 0.287 e. The summed E-state index contributed by atoms with van der Waals surface area (Å²) in [6.45, 7) is 6.27. The van der Waals surface area contributed by atoms with Crippen LogP contribution in [0.3, 0.4) is 0 Å². The van der Waals surface area contributed by atoms with Crippen molar-refractivity contribution in [3.8, 4) is 0 Å². The largest absolute Gasteiger partial charge is 0.377 e. The molecule has 0 spiro atoms. The fourth-order valence-corrected chi connectivity index (χ4v) is 1.87. The highest BCUT2D eigenvalue weighted by molar-refractivity contribution is 6.32. The van der Waals surface area contributed by atoms with E-state index < -0.39 is 0 Å². The Morgan fingerprint density at radius 2 is 2.19 bits per heavy atom. The van der Waals surface area contributed by atoms with Crippen molar-refractivity contribution < 1.29 is 0 Å². The van der Waals surface area contributed by atoms with Gasteiger partial charge in [-0.1, -0.05) is 24.9 Å². The Bertz CT molecular complexity index is 426. The Kier molecular flexibility index (Phi) is 3.97. The third kappa shape index (κ3) is 2.98. The lowest BCUT2D eigenvalue weighted by molar-refractivity contribution is 0.510. The molecule has 0 radical (unpaired) electrons. The van der Waals surface area contributed by atoms with Gasteiger partial charge in [-0.05, 0) is 20.3 Å². The number of anilines is 1. The van der Waals surface area contributed by atoms with Gasteiger partial charge >= 0.3 is 0 Å². The third-order valence-corrected chi connectivity index (χ3v) is 2.79. The quantitative estimate of drug-likeness (QED) is 0.884. The molecule has 0 saturated heterocycles. The lowest BCUT2D eigenvalue weighted by Crippen LogP contribution is -2.32. The van der Waals surface area contributed by atoms with E-state index >= 15 is 0 Å². The van der Waals surface area contributed by atoms with E-state index in [1.165, 1.54) is 4.68 Å². The number of rotatable bonds is 4. The second kappa shape index (κ2) is 4.87. The normalized spacial score (nSPS) is 11.6. The number of nitrogens with zero attached hydrogens (tertiary/aromatic N) is 2. The molecule has 1 aromatic rings. The molecule has 0 aromatic carbocycles. The van der Waals surface area contributed by atoms with Crippen LogP contribution in [0.1, 0.15) is 33.6 Å². The van der Waals surface area contributed by atoms with Gasteiger partial charge in [-0.3, -0.25) is 4.79 Å². The standard InChI is InChI=1S/C11H18ClN3O/c1-5-6-11(2,3)14-8-7-13-15(4)10(16)9(8)12/h7,14H,5-6H2,1-4H3. The molecule has 1 N–H and O–H groups in total. The van der Waals surface area contributed by atoms with Crippen molar-refractivity contribution in [2.45, 2.75) is 39.2 Å². The van der Waals surface area contributed by atoms with Crippen molar-refractivity contribution in [3.63, 3.8) is 0 Å². The Balaban J connectivity index is 2.99. The van der Waals surface area contributed by atoms with E-state index in [1.807, 2.05) is 0 Å². The van der Waals surface area contributed by atoms with Crippen molar-refractivity contribution >= 4 is 17.3 Å². The van der Waals surface area contributed by atoms with Crippen LogP contribution in [0, 0.1) is 0 Å². The molecule has 0 amide bonds. The third-order valence-electron chi connectivity index (χ3n) is 2.43. The molecule has 0 saturated carbocycles. The van der Waals surface area contributed by atoms with Gasteiger partial charge in [0.15, 0.2) is 0 Å². The zero-order valence-electron chi connectivity index (χ0n) is 10.2. The molecule has 0 aliphatic rings. The second-order valence-corrected chi connectivity index (χ2v) is 4.94. The van der Waals surface area contributed by atoms with Gasteiger partial charge in [-0.2, -0.15) is 5.10 Å². The van der Waals surface area contributed by atoms with Crippen LogP contribution in [0.5, 0.6) is 0 Å². The highest BCUT2D eigenvalue weighted by atomic mass is 35.5. The zero-order chi connectivity index (χ0) is 12.3. The van der Waals surface area contributed by atoms with Crippen molar-refractivity contribution in [2.24, 2.45) is 7.05 Å². The first-order valence-corrected chi connectivity index (χ1v) is 5.75. The predicted octanol–water partition coefficient (Wildman–Crippen LogP) is 2.42. The van der Waals surface area contributed by atoms with Crippen LogP contribution in [0.25, 0.3) is 0 Å². The minimum absolute atomic E-state index is 0.0908. The molecule has 1 rings (SSSR count). The van der Waals surface area contributed by atoms with E-state index in [0.717, 1.165) is 12.8 Å². The average molecular weight is 244 g/mol. The molecule has 0 aliphatic heterocycles. The SMILES string of the molecule is CCCC(C)(C)Nc1cnn(C)c(=O)c1Cl. The van der Waals surface area contributed by atoms with Crippen LogP contribution >= 0.6 is 11.6 Å². The maximum Gasteiger partial charge on any atom is 0.287 e. The van der Waals surface area contributed by atoms with Crippen LogP contribution in [0.15, 0.2) is 11.0 Å². The highest BCUT2D eigenvalue weighted by Crippen LogP contribution is 2.22. The number of hydrogen-bond donors (Lipinski definition) is 1. The molecule has 0 unspecified atom stereocenters. The van der Waals surface area contributed by atoms with Crippen LogP contribution in [-0.4, -0.2) is 15.3 Å². The van der Waals surface area contributed by atoms with Gasteiger partial charge in [0.1, 0.15) is 5.02 Å². The van der Waals surface area contributed by atoms with E-state index in [-0.39, 0.29) is 16.1 Å². The fraction of sp³-hybridized carbons (Fsp3) is 0.636. The maximum atomic E-state index is 11.6. The van der Waals surface area contributed by atoms with Gasteiger partial charge in [-0.25, -0.2) is 4.68 Å². The first-order valence-electron chi connectivity index (χ1n) is 5.37. The molecular weight excluding hydrogens is 226 g/mol. The van der Waals surface area contributed by atoms with Gasteiger partial charge in [0, 0.05) is 12.6 Å². The van der Waals surface area contributed by atoms with Gasteiger partial charge in [0.2, 0.25) is 0 Å². The summed E-state index contributed by atoms with van der Waals surface area (Å²) in [7, 11) is 1.58. The maximum absolute atomic E-state index is 11.6. The molecular formula is C11H18ClN3O. The number of aromatic nitrogens is 2. The molecule has 16 heavy (non-hydrogen) atoms. The van der Waals surface area contributed by atoms with Crippen molar-refractivity contribution in [1.29, 1.82) is 0 Å². The molecule has 5 heteroatoms. The highest BCUT2D eigenvalue weighted by Gasteiger charge is 2.18. The number of nitrogens with one attached hydrogen (secondary N) is 1. The van der Waals surface area contributed by atoms with Crippen molar-refractivity contribution in [3.05, 3.63) is 21.6 Å². The average Bonchev–Trinajstić information content (AvgIpc) is 2.19. The van der Waals surface area contributed by atoms with Crippen LogP contribution in [0.4, 0.5) is 5.69 Å². The lowest BCUT2D eigenvalue weighted by atomic mass is 9.99. The first kappa shape index (κ1) is 13.0. The van der Waals surface area contributed by atoms with Crippen LogP contribution in [0.2, 0.25) is 5.02 Å². The number of aryl methyl sites for hydroxylation is 1. The molecule has 0 aliphatic carbocycles. The summed E-state index contributed by atoms with van der Waals surface area (Å²) in [5.74, 6) is 0. The summed E-state index contributed by atoms with van der Waals surface area (Å²) in [6, 6.07) is 0. The van der Waals surface area contributed by atoms with Crippen LogP contribution < -0.4 is 10.9 Å². The Morgan fingerprint density at radius 3 is 2.75 bits per heavy atom. The predicted molar refractivity (Wildman–Crippen MR) is 67.1 cm³/mol. The molecule has 0 bridgehead atoms. The van der Waals surface area contributed by atoms with Gasteiger partial charge < -0.3 is 5.32 Å². The Labute approximate surface area is 101 Å². The number of hydrogen-bond acceptors (Lipinski definition) is 3. The summed E-state index contributed by atoms with van der Waals surface area (Å²) in [6.07, 6.45) is 3.65. The molecule has 0 fully saturated rings. The summed E-state index contributed by atoms with van der Waals surface area (Å²) in [5, 5.41) is 7.38. The van der Waals surface area contributed by atoms with E-state index in [0.29, 0.717) is 5.69 Å². The van der Waals surface area contributed by atoms with Gasteiger partial charge in [-0.15, -0.1) is 0 Å². The monoisotopic (exact) mass is 243 g/mol. The Hall–Kier alpha value is -1.03. The molecule has 1 aromatic heterocycles. The van der Waals surface area contributed by atoms with E-state index in [9.17, 15) is 4.79 Å². The Morgan fingerprint density at radius 1 is 1.56 bits per heavy atom. The number of halogens is 1. The van der Waals surface area contributed by atoms with Crippen molar-refractivity contribution in [2.75, 3.05) is 5.32 Å². The second-order valence-electron chi connectivity index (χ2n) is 4.56. The summed E-state index contributed by atoms with van der Waals surface area (Å²) in [5.41, 5.74) is 0.231.